The Balaban J connectivity index is 2.28. The Hall–Kier alpha value is -1.13. The number of rotatable bonds is 4. The van der Waals surface area contributed by atoms with Crippen molar-refractivity contribution in [2.45, 2.75) is 19.4 Å². The van der Waals surface area contributed by atoms with Gasteiger partial charge in [-0.25, -0.2) is 4.39 Å². The van der Waals surface area contributed by atoms with Crippen molar-refractivity contribution in [2.75, 3.05) is 0 Å². The van der Waals surface area contributed by atoms with Crippen molar-refractivity contribution >= 4 is 23.2 Å². The summed E-state index contributed by atoms with van der Waals surface area (Å²) in [6.07, 6.45) is 0.494. The summed E-state index contributed by atoms with van der Waals surface area (Å²) < 4.78 is 13.5. The molecule has 2 rings (SSSR count). The van der Waals surface area contributed by atoms with Gasteiger partial charge in [-0.15, -0.1) is 0 Å². The molecule has 0 heterocycles. The van der Waals surface area contributed by atoms with Gasteiger partial charge in [-0.2, -0.15) is 0 Å². The first-order valence-electron chi connectivity index (χ1n) is 6.18. The molecule has 1 atom stereocenters. The van der Waals surface area contributed by atoms with E-state index >= 15 is 0 Å². The van der Waals surface area contributed by atoms with Gasteiger partial charge in [0.15, 0.2) is 0 Å². The summed E-state index contributed by atoms with van der Waals surface area (Å²) in [6, 6.07) is 10.3. The van der Waals surface area contributed by atoms with Gasteiger partial charge in [-0.05, 0) is 42.2 Å². The summed E-state index contributed by atoms with van der Waals surface area (Å²) in [4.78, 5) is 0. The molecule has 2 nitrogen and oxygen atoms in total. The molecule has 0 radical (unpaired) electrons. The zero-order valence-corrected chi connectivity index (χ0v) is 12.5. The van der Waals surface area contributed by atoms with Crippen molar-refractivity contribution in [3.63, 3.8) is 0 Å². The fourth-order valence-corrected chi connectivity index (χ4v) is 2.40. The predicted octanol–water partition coefficient (Wildman–Crippen LogP) is 4.19. The van der Waals surface area contributed by atoms with Gasteiger partial charge in [-0.1, -0.05) is 47.5 Å². The fraction of sp³-hybridized carbons (Fsp3) is 0.200. The monoisotopic (exact) mass is 312 g/mol. The van der Waals surface area contributed by atoms with Crippen LogP contribution in [0.25, 0.3) is 0 Å². The van der Waals surface area contributed by atoms with E-state index in [4.69, 9.17) is 29.0 Å². The number of hydrogen-bond acceptors (Lipinski definition) is 2. The van der Waals surface area contributed by atoms with Crippen LogP contribution in [-0.4, -0.2) is 0 Å². The van der Waals surface area contributed by atoms with Gasteiger partial charge in [-0.3, -0.25) is 11.3 Å². The lowest BCUT2D eigenvalue weighted by atomic mass is 9.98. The van der Waals surface area contributed by atoms with Gasteiger partial charge < -0.3 is 0 Å². The quantitative estimate of drug-likeness (QED) is 0.656. The van der Waals surface area contributed by atoms with Crippen LogP contribution in [0.15, 0.2) is 36.4 Å². The van der Waals surface area contributed by atoms with Gasteiger partial charge in [0.25, 0.3) is 0 Å². The highest BCUT2D eigenvalue weighted by molar-refractivity contribution is 6.31. The molecule has 20 heavy (non-hydrogen) atoms. The first-order valence-corrected chi connectivity index (χ1v) is 6.93. The molecule has 0 saturated heterocycles. The van der Waals surface area contributed by atoms with E-state index in [9.17, 15) is 4.39 Å². The third kappa shape index (κ3) is 3.30. The Morgan fingerprint density at radius 3 is 2.65 bits per heavy atom. The number of hydrogen-bond donors (Lipinski definition) is 2. The van der Waals surface area contributed by atoms with E-state index in [-0.39, 0.29) is 11.1 Å². The van der Waals surface area contributed by atoms with E-state index in [1.54, 1.807) is 12.1 Å². The smallest absolute Gasteiger partial charge is 0.142 e. The normalized spacial score (nSPS) is 12.4. The van der Waals surface area contributed by atoms with E-state index < -0.39 is 5.82 Å². The highest BCUT2D eigenvalue weighted by Crippen LogP contribution is 2.27. The van der Waals surface area contributed by atoms with E-state index in [1.807, 2.05) is 25.1 Å². The summed E-state index contributed by atoms with van der Waals surface area (Å²) in [6.45, 7) is 1.93. The van der Waals surface area contributed by atoms with E-state index in [0.29, 0.717) is 17.0 Å². The van der Waals surface area contributed by atoms with Gasteiger partial charge in [0.1, 0.15) is 5.82 Å². The molecule has 2 aromatic carbocycles. The standard InChI is InChI=1S/C15H15Cl2FN2/c1-9-7-10(5-6-12(9)16)14(20-19)8-11-3-2-4-13(18)15(11)17/h2-7,14,20H,8,19H2,1H3. The summed E-state index contributed by atoms with van der Waals surface area (Å²) >= 11 is 12.0. The second-order valence-corrected chi connectivity index (χ2v) is 5.43. The second kappa shape index (κ2) is 6.55. The minimum absolute atomic E-state index is 0.137. The lowest BCUT2D eigenvalue weighted by molar-refractivity contribution is 0.548. The Labute approximate surface area is 127 Å². The van der Waals surface area contributed by atoms with Crippen molar-refractivity contribution in [1.29, 1.82) is 0 Å². The van der Waals surface area contributed by atoms with Crippen molar-refractivity contribution < 1.29 is 4.39 Å². The van der Waals surface area contributed by atoms with Crippen LogP contribution in [0.3, 0.4) is 0 Å². The van der Waals surface area contributed by atoms with Crippen LogP contribution in [0.1, 0.15) is 22.7 Å². The van der Waals surface area contributed by atoms with Crippen molar-refractivity contribution in [2.24, 2.45) is 5.84 Å². The van der Waals surface area contributed by atoms with Crippen LogP contribution < -0.4 is 11.3 Å². The molecule has 0 aliphatic rings. The van der Waals surface area contributed by atoms with Crippen LogP contribution in [0.4, 0.5) is 4.39 Å². The number of hydrazine groups is 1. The predicted molar refractivity (Wildman–Crippen MR) is 81.4 cm³/mol. The highest BCUT2D eigenvalue weighted by Gasteiger charge is 2.15. The van der Waals surface area contributed by atoms with E-state index in [2.05, 4.69) is 5.43 Å². The Bertz CT molecular complexity index is 617. The maximum absolute atomic E-state index is 13.5. The second-order valence-electron chi connectivity index (χ2n) is 4.64. The minimum Gasteiger partial charge on any atom is -0.271 e. The Morgan fingerprint density at radius 2 is 2.00 bits per heavy atom. The zero-order chi connectivity index (χ0) is 14.7. The molecule has 0 saturated carbocycles. The summed E-state index contributed by atoms with van der Waals surface area (Å²) in [5, 5.41) is 0.840. The van der Waals surface area contributed by atoms with Crippen LogP contribution in [0.5, 0.6) is 0 Å². The van der Waals surface area contributed by atoms with Crippen LogP contribution in [-0.2, 0) is 6.42 Å². The van der Waals surface area contributed by atoms with Crippen LogP contribution in [0.2, 0.25) is 10.0 Å². The number of benzene rings is 2. The maximum Gasteiger partial charge on any atom is 0.142 e. The topological polar surface area (TPSA) is 38.0 Å². The fourth-order valence-electron chi connectivity index (χ4n) is 2.08. The average Bonchev–Trinajstić information content (AvgIpc) is 2.44. The molecule has 1 unspecified atom stereocenters. The lowest BCUT2D eigenvalue weighted by Gasteiger charge is -2.18. The molecule has 0 spiro atoms. The molecule has 5 heteroatoms. The number of halogens is 3. The number of nitrogens with two attached hydrogens (primary N) is 1. The van der Waals surface area contributed by atoms with Crippen LogP contribution >= 0.6 is 23.2 Å². The average molecular weight is 313 g/mol. The molecular weight excluding hydrogens is 298 g/mol. The molecule has 0 aromatic heterocycles. The highest BCUT2D eigenvalue weighted by atomic mass is 35.5. The Kier molecular flexibility index (Phi) is 5.00. The number of aryl methyl sites for hydroxylation is 1. The summed E-state index contributed by atoms with van der Waals surface area (Å²) in [7, 11) is 0. The molecule has 0 aliphatic carbocycles. The first-order chi connectivity index (χ1) is 9.52. The molecule has 0 bridgehead atoms. The van der Waals surface area contributed by atoms with Crippen molar-refractivity contribution in [3.05, 3.63) is 69.0 Å². The lowest BCUT2D eigenvalue weighted by Crippen LogP contribution is -2.29. The van der Waals surface area contributed by atoms with Gasteiger partial charge >= 0.3 is 0 Å². The third-order valence-corrected chi connectivity index (χ3v) is 4.09. The van der Waals surface area contributed by atoms with Gasteiger partial charge in [0, 0.05) is 5.02 Å². The van der Waals surface area contributed by atoms with E-state index in [1.165, 1.54) is 6.07 Å². The minimum atomic E-state index is -0.424. The molecule has 0 aliphatic heterocycles. The molecule has 106 valence electrons. The largest absolute Gasteiger partial charge is 0.271 e. The van der Waals surface area contributed by atoms with Crippen molar-refractivity contribution in [1.82, 2.24) is 5.43 Å². The molecule has 2 aromatic rings. The first kappa shape index (κ1) is 15.3. The maximum atomic E-state index is 13.5. The molecule has 0 amide bonds. The molecular formula is C15H15Cl2FN2. The van der Waals surface area contributed by atoms with Crippen LogP contribution in [0, 0.1) is 12.7 Å². The zero-order valence-electron chi connectivity index (χ0n) is 11.0. The Morgan fingerprint density at radius 1 is 1.25 bits per heavy atom. The van der Waals surface area contributed by atoms with E-state index in [0.717, 1.165) is 11.1 Å². The van der Waals surface area contributed by atoms with Crippen molar-refractivity contribution in [3.8, 4) is 0 Å². The van der Waals surface area contributed by atoms with Gasteiger partial charge in [0.2, 0.25) is 0 Å². The SMILES string of the molecule is Cc1cc(C(Cc2cccc(F)c2Cl)NN)ccc1Cl. The molecule has 3 N–H and O–H groups in total. The summed E-state index contributed by atoms with van der Waals surface area (Å²) in [5.74, 6) is 5.19. The summed E-state index contributed by atoms with van der Waals surface area (Å²) in [5.41, 5.74) is 5.40. The van der Waals surface area contributed by atoms with Gasteiger partial charge in [0.05, 0.1) is 11.1 Å². The third-order valence-electron chi connectivity index (χ3n) is 3.24. The number of nitrogens with one attached hydrogen (secondary N) is 1. The molecule has 0 fully saturated rings.